The zero-order valence-electron chi connectivity index (χ0n) is 19.7. The zero-order valence-corrected chi connectivity index (χ0v) is 19.7. The number of benzene rings is 2. The van der Waals surface area contributed by atoms with Crippen LogP contribution >= 0.6 is 0 Å². The van der Waals surface area contributed by atoms with Crippen molar-refractivity contribution in [2.75, 3.05) is 18.6 Å². The molecule has 1 aliphatic rings. The molecular formula is C27H29N3O4. The molecule has 0 saturated carbocycles. The molecule has 176 valence electrons. The highest BCUT2D eigenvalue weighted by Gasteiger charge is 2.35. The molecule has 2 amide bonds. The van der Waals surface area contributed by atoms with Crippen LogP contribution in [0.25, 0.3) is 0 Å². The molecule has 0 unspecified atom stereocenters. The second kappa shape index (κ2) is 10.4. The SMILES string of the molecule is CC[C@@H]1Oc2ccc(C)cc2N(CC(=O)N(Cc2cccnc2)Cc2cccc(OC)c2)C1=O. The molecule has 2 aromatic carbocycles. The van der Waals surface area contributed by atoms with E-state index >= 15 is 0 Å². The predicted octanol–water partition coefficient (Wildman–Crippen LogP) is 4.13. The number of hydrogen-bond acceptors (Lipinski definition) is 5. The van der Waals surface area contributed by atoms with E-state index in [1.165, 1.54) is 0 Å². The van der Waals surface area contributed by atoms with Gasteiger partial charge < -0.3 is 14.4 Å². The van der Waals surface area contributed by atoms with Gasteiger partial charge in [0.25, 0.3) is 5.91 Å². The molecule has 1 aromatic heterocycles. The number of pyridine rings is 1. The molecule has 0 aliphatic carbocycles. The lowest BCUT2D eigenvalue weighted by atomic mass is 10.1. The minimum Gasteiger partial charge on any atom is -0.497 e. The lowest BCUT2D eigenvalue weighted by Crippen LogP contribution is -2.50. The topological polar surface area (TPSA) is 72.0 Å². The lowest BCUT2D eigenvalue weighted by Gasteiger charge is -2.35. The molecule has 1 atom stereocenters. The molecule has 0 saturated heterocycles. The van der Waals surface area contributed by atoms with Gasteiger partial charge in [-0.3, -0.25) is 19.5 Å². The number of ether oxygens (including phenoxy) is 2. The molecule has 3 aromatic rings. The third-order valence-corrected chi connectivity index (χ3v) is 5.84. The number of carbonyl (C=O) groups is 2. The first kappa shape index (κ1) is 23.3. The van der Waals surface area contributed by atoms with E-state index in [9.17, 15) is 9.59 Å². The summed E-state index contributed by atoms with van der Waals surface area (Å²) in [5.41, 5.74) is 3.47. The summed E-state index contributed by atoms with van der Waals surface area (Å²) >= 11 is 0. The highest BCUT2D eigenvalue weighted by Crippen LogP contribution is 2.35. The quantitative estimate of drug-likeness (QED) is 0.507. The molecule has 1 aliphatic heterocycles. The highest BCUT2D eigenvalue weighted by atomic mass is 16.5. The Morgan fingerprint density at radius 3 is 2.65 bits per heavy atom. The molecule has 0 fully saturated rings. The van der Waals surface area contributed by atoms with Crippen molar-refractivity contribution >= 4 is 17.5 Å². The predicted molar refractivity (Wildman–Crippen MR) is 130 cm³/mol. The monoisotopic (exact) mass is 459 g/mol. The van der Waals surface area contributed by atoms with Crippen molar-refractivity contribution in [1.82, 2.24) is 9.88 Å². The van der Waals surface area contributed by atoms with Gasteiger partial charge >= 0.3 is 0 Å². The Bertz CT molecular complexity index is 1170. The molecule has 0 spiro atoms. The summed E-state index contributed by atoms with van der Waals surface area (Å²) in [4.78, 5) is 34.3. The third-order valence-electron chi connectivity index (χ3n) is 5.84. The number of nitrogens with zero attached hydrogens (tertiary/aromatic N) is 3. The van der Waals surface area contributed by atoms with E-state index in [0.717, 1.165) is 22.4 Å². The minimum atomic E-state index is -0.604. The largest absolute Gasteiger partial charge is 0.497 e. The fraction of sp³-hybridized carbons (Fsp3) is 0.296. The summed E-state index contributed by atoms with van der Waals surface area (Å²) in [6, 6.07) is 17.1. The molecule has 2 heterocycles. The number of carbonyl (C=O) groups excluding carboxylic acids is 2. The maximum Gasteiger partial charge on any atom is 0.268 e. The van der Waals surface area contributed by atoms with Gasteiger partial charge in [-0.15, -0.1) is 0 Å². The summed E-state index contributed by atoms with van der Waals surface area (Å²) in [5.74, 6) is 0.988. The summed E-state index contributed by atoms with van der Waals surface area (Å²) in [6.45, 7) is 4.54. The van der Waals surface area contributed by atoms with Gasteiger partial charge in [0.1, 0.15) is 18.0 Å². The number of aryl methyl sites for hydroxylation is 1. The molecule has 34 heavy (non-hydrogen) atoms. The van der Waals surface area contributed by atoms with Crippen molar-refractivity contribution in [1.29, 1.82) is 0 Å². The first-order valence-electron chi connectivity index (χ1n) is 11.4. The Balaban J connectivity index is 1.63. The molecule has 0 bridgehead atoms. The van der Waals surface area contributed by atoms with Gasteiger partial charge in [-0.1, -0.05) is 31.2 Å². The molecule has 0 N–H and O–H groups in total. The Hall–Kier alpha value is -3.87. The van der Waals surface area contributed by atoms with Crippen molar-refractivity contribution in [3.63, 3.8) is 0 Å². The summed E-state index contributed by atoms with van der Waals surface area (Å²) in [6.07, 6.45) is 3.37. The van der Waals surface area contributed by atoms with Gasteiger partial charge in [0.05, 0.1) is 12.8 Å². The molecular weight excluding hydrogens is 430 g/mol. The van der Waals surface area contributed by atoms with E-state index in [1.54, 1.807) is 29.3 Å². The van der Waals surface area contributed by atoms with Gasteiger partial charge in [-0.2, -0.15) is 0 Å². The van der Waals surface area contributed by atoms with Crippen LogP contribution in [0.1, 0.15) is 30.0 Å². The van der Waals surface area contributed by atoms with Crippen molar-refractivity contribution < 1.29 is 19.1 Å². The van der Waals surface area contributed by atoms with E-state index in [-0.39, 0.29) is 18.4 Å². The van der Waals surface area contributed by atoms with Crippen LogP contribution in [0.2, 0.25) is 0 Å². The number of fused-ring (bicyclic) bond motifs is 1. The third kappa shape index (κ3) is 5.20. The second-order valence-corrected chi connectivity index (χ2v) is 8.37. The second-order valence-electron chi connectivity index (χ2n) is 8.37. The maximum atomic E-state index is 13.6. The standard InChI is InChI=1S/C27H29N3O4/c1-4-24-27(32)30(23-13-19(2)10-11-25(23)34-24)18-26(31)29(17-21-8-6-12-28-15-21)16-20-7-5-9-22(14-20)33-3/h5-15,24H,4,16-18H2,1-3H3/t24-/m0/s1. The van der Waals surface area contributed by atoms with Gasteiger partial charge in [0, 0.05) is 25.5 Å². The maximum absolute atomic E-state index is 13.6. The highest BCUT2D eigenvalue weighted by molar-refractivity contribution is 6.03. The van der Waals surface area contributed by atoms with Crippen molar-refractivity contribution in [3.8, 4) is 11.5 Å². The fourth-order valence-corrected chi connectivity index (χ4v) is 4.03. The Morgan fingerprint density at radius 1 is 1.12 bits per heavy atom. The first-order chi connectivity index (χ1) is 16.5. The van der Waals surface area contributed by atoms with Crippen LogP contribution in [0.4, 0.5) is 5.69 Å². The van der Waals surface area contributed by atoms with Crippen LogP contribution in [0, 0.1) is 6.92 Å². The summed E-state index contributed by atoms with van der Waals surface area (Å²) in [5, 5.41) is 0. The van der Waals surface area contributed by atoms with Crippen LogP contribution in [-0.4, -0.2) is 41.5 Å². The average molecular weight is 460 g/mol. The summed E-state index contributed by atoms with van der Waals surface area (Å²) in [7, 11) is 1.62. The van der Waals surface area contributed by atoms with Crippen LogP contribution in [0.15, 0.2) is 67.0 Å². The number of hydrogen-bond donors (Lipinski definition) is 0. The first-order valence-corrected chi connectivity index (χ1v) is 11.4. The Labute approximate surface area is 199 Å². The van der Waals surface area contributed by atoms with Crippen molar-refractivity contribution in [2.24, 2.45) is 0 Å². The lowest BCUT2D eigenvalue weighted by molar-refractivity contribution is -0.134. The number of rotatable bonds is 8. The van der Waals surface area contributed by atoms with Crippen molar-refractivity contribution in [2.45, 2.75) is 39.5 Å². The van der Waals surface area contributed by atoms with E-state index in [1.807, 2.05) is 68.4 Å². The Morgan fingerprint density at radius 2 is 1.91 bits per heavy atom. The van der Waals surface area contributed by atoms with Crippen LogP contribution in [0.5, 0.6) is 11.5 Å². The van der Waals surface area contributed by atoms with Crippen molar-refractivity contribution in [3.05, 3.63) is 83.7 Å². The number of amides is 2. The summed E-state index contributed by atoms with van der Waals surface area (Å²) < 4.78 is 11.2. The van der Waals surface area contributed by atoms with Gasteiger partial charge in [0.15, 0.2) is 6.10 Å². The number of anilines is 1. The molecule has 0 radical (unpaired) electrons. The number of aromatic nitrogens is 1. The van der Waals surface area contributed by atoms with Crippen LogP contribution < -0.4 is 14.4 Å². The molecule has 7 nitrogen and oxygen atoms in total. The minimum absolute atomic E-state index is 0.0701. The fourth-order valence-electron chi connectivity index (χ4n) is 4.03. The normalized spacial score (nSPS) is 14.9. The van der Waals surface area contributed by atoms with Gasteiger partial charge in [-0.25, -0.2) is 0 Å². The number of methoxy groups -OCH3 is 1. The van der Waals surface area contributed by atoms with Crippen LogP contribution in [-0.2, 0) is 22.7 Å². The zero-order chi connectivity index (χ0) is 24.1. The van der Waals surface area contributed by atoms with Gasteiger partial charge in [-0.05, 0) is 60.4 Å². The average Bonchev–Trinajstić information content (AvgIpc) is 2.86. The van der Waals surface area contributed by atoms with E-state index in [0.29, 0.717) is 30.9 Å². The smallest absolute Gasteiger partial charge is 0.268 e. The Kier molecular flexibility index (Phi) is 7.11. The van der Waals surface area contributed by atoms with Gasteiger partial charge in [0.2, 0.25) is 5.91 Å². The van der Waals surface area contributed by atoms with Crippen LogP contribution in [0.3, 0.4) is 0 Å². The van der Waals surface area contributed by atoms with E-state index in [4.69, 9.17) is 9.47 Å². The van der Waals surface area contributed by atoms with E-state index < -0.39 is 6.10 Å². The molecule has 7 heteroatoms. The molecule has 4 rings (SSSR count). The van der Waals surface area contributed by atoms with E-state index in [2.05, 4.69) is 4.98 Å².